The van der Waals surface area contributed by atoms with Gasteiger partial charge in [0.05, 0.1) is 30.4 Å². The Bertz CT molecular complexity index is 1570. The molecule has 0 aliphatic carbocycles. The monoisotopic (exact) mass is 573 g/mol. The molecule has 3 aromatic carbocycles. The van der Waals surface area contributed by atoms with Crippen LogP contribution in [0.3, 0.4) is 0 Å². The quantitative estimate of drug-likeness (QED) is 0.306. The number of carbonyl (C=O) groups is 3. The standard InChI is InChI=1S/C30H27N3O5S2/c1-18-8-4-6-10-21(18)31-25(34)17-33-22-11-7-5-9-20(22)26(28(33)35)27-29(36)32(30(39)40-27)15-14-19-12-13-23(37-2)24(16-19)38-3/h4-13,16H,14-15,17H2,1-3H3,(H,31,34)/b27-26-. The number of hydrogen-bond donors (Lipinski definition) is 1. The van der Waals surface area contributed by atoms with Gasteiger partial charge in [-0.05, 0) is 48.7 Å². The molecule has 2 heterocycles. The van der Waals surface area contributed by atoms with Gasteiger partial charge in [0.1, 0.15) is 10.9 Å². The van der Waals surface area contributed by atoms with Gasteiger partial charge in [-0.1, -0.05) is 66.4 Å². The van der Waals surface area contributed by atoms with Crippen molar-refractivity contribution in [3.8, 4) is 11.5 Å². The number of carbonyl (C=O) groups excluding carboxylic acids is 3. The predicted octanol–water partition coefficient (Wildman–Crippen LogP) is 4.81. The molecule has 1 fully saturated rings. The molecule has 0 aromatic heterocycles. The average Bonchev–Trinajstić information content (AvgIpc) is 3.39. The Morgan fingerprint density at radius 2 is 1.65 bits per heavy atom. The Balaban J connectivity index is 1.37. The van der Waals surface area contributed by atoms with Gasteiger partial charge in [0.25, 0.3) is 11.8 Å². The summed E-state index contributed by atoms with van der Waals surface area (Å²) in [6.45, 7) is 2.06. The minimum Gasteiger partial charge on any atom is -0.493 e. The number of ether oxygens (including phenoxy) is 2. The molecule has 0 radical (unpaired) electrons. The first kappa shape index (κ1) is 27.4. The van der Waals surface area contributed by atoms with Crippen LogP contribution in [0.15, 0.2) is 71.6 Å². The molecule has 1 N–H and O–H groups in total. The largest absolute Gasteiger partial charge is 0.493 e. The van der Waals surface area contributed by atoms with Gasteiger partial charge in [-0.3, -0.25) is 24.2 Å². The zero-order chi connectivity index (χ0) is 28.4. The molecule has 1 saturated heterocycles. The van der Waals surface area contributed by atoms with Crippen molar-refractivity contribution in [2.75, 3.05) is 37.5 Å². The SMILES string of the molecule is COc1ccc(CCN2C(=O)/C(=C3/C(=O)N(CC(=O)Nc4ccccc4C)c4ccccc43)SC2=S)cc1OC. The molecule has 10 heteroatoms. The fraction of sp³-hybridized carbons (Fsp3) is 0.200. The van der Waals surface area contributed by atoms with Crippen LogP contribution in [0, 0.1) is 6.92 Å². The lowest BCUT2D eigenvalue weighted by Gasteiger charge is -2.17. The summed E-state index contributed by atoms with van der Waals surface area (Å²) in [6, 6.07) is 20.2. The van der Waals surface area contributed by atoms with Crippen LogP contribution >= 0.6 is 24.0 Å². The number of nitrogens with zero attached hydrogens (tertiary/aromatic N) is 2. The highest BCUT2D eigenvalue weighted by atomic mass is 32.2. The van der Waals surface area contributed by atoms with E-state index in [9.17, 15) is 14.4 Å². The number of methoxy groups -OCH3 is 2. The van der Waals surface area contributed by atoms with Crippen molar-refractivity contribution in [3.63, 3.8) is 0 Å². The number of thiocarbonyl (C=S) groups is 1. The van der Waals surface area contributed by atoms with Gasteiger partial charge < -0.3 is 14.8 Å². The van der Waals surface area contributed by atoms with E-state index >= 15 is 0 Å². The van der Waals surface area contributed by atoms with Gasteiger partial charge >= 0.3 is 0 Å². The molecule has 5 rings (SSSR count). The van der Waals surface area contributed by atoms with E-state index in [2.05, 4.69) is 5.32 Å². The molecule has 0 unspecified atom stereocenters. The predicted molar refractivity (Wildman–Crippen MR) is 161 cm³/mol. The third-order valence-electron chi connectivity index (χ3n) is 6.79. The Morgan fingerprint density at radius 3 is 2.40 bits per heavy atom. The van der Waals surface area contributed by atoms with Gasteiger partial charge in [-0.25, -0.2) is 0 Å². The number of anilines is 2. The minimum atomic E-state index is -0.401. The van der Waals surface area contributed by atoms with Crippen molar-refractivity contribution < 1.29 is 23.9 Å². The Morgan fingerprint density at radius 1 is 0.925 bits per heavy atom. The lowest BCUT2D eigenvalue weighted by atomic mass is 10.1. The number of para-hydroxylation sites is 2. The van der Waals surface area contributed by atoms with Gasteiger partial charge in [-0.15, -0.1) is 0 Å². The van der Waals surface area contributed by atoms with Crippen molar-refractivity contribution >= 4 is 63.0 Å². The lowest BCUT2D eigenvalue weighted by Crippen LogP contribution is -2.36. The highest BCUT2D eigenvalue weighted by Crippen LogP contribution is 2.44. The topological polar surface area (TPSA) is 88.2 Å². The number of fused-ring (bicyclic) bond motifs is 1. The molecule has 3 amide bonds. The molecule has 40 heavy (non-hydrogen) atoms. The van der Waals surface area contributed by atoms with E-state index in [0.29, 0.717) is 45.7 Å². The minimum absolute atomic E-state index is 0.187. The number of hydrogen-bond acceptors (Lipinski definition) is 7. The number of nitrogens with one attached hydrogen (secondary N) is 1. The molecule has 0 atom stereocenters. The second-order valence-electron chi connectivity index (χ2n) is 9.24. The van der Waals surface area contributed by atoms with E-state index in [1.54, 1.807) is 38.5 Å². The van der Waals surface area contributed by atoms with E-state index in [1.807, 2.05) is 49.4 Å². The van der Waals surface area contributed by atoms with Crippen LogP contribution < -0.4 is 19.7 Å². The number of rotatable bonds is 8. The summed E-state index contributed by atoms with van der Waals surface area (Å²) in [5, 5.41) is 2.88. The van der Waals surface area contributed by atoms with Gasteiger partial charge in [0.15, 0.2) is 11.5 Å². The molecule has 0 spiro atoms. The Kier molecular flexibility index (Phi) is 7.90. The first-order chi connectivity index (χ1) is 19.3. The van der Waals surface area contributed by atoms with Crippen molar-refractivity contribution in [2.24, 2.45) is 0 Å². The van der Waals surface area contributed by atoms with Crippen LogP contribution in [0.1, 0.15) is 16.7 Å². The maximum atomic E-state index is 13.7. The molecule has 0 saturated carbocycles. The van der Waals surface area contributed by atoms with E-state index in [4.69, 9.17) is 21.7 Å². The average molecular weight is 574 g/mol. The van der Waals surface area contributed by atoms with Crippen LogP contribution in [0.25, 0.3) is 5.57 Å². The summed E-state index contributed by atoms with van der Waals surface area (Å²) >= 11 is 6.67. The highest BCUT2D eigenvalue weighted by Gasteiger charge is 2.42. The molecule has 2 aliphatic rings. The molecule has 8 nitrogen and oxygen atoms in total. The number of aryl methyl sites for hydroxylation is 1. The second kappa shape index (κ2) is 11.5. The maximum absolute atomic E-state index is 13.7. The fourth-order valence-corrected chi connectivity index (χ4v) is 6.10. The van der Waals surface area contributed by atoms with Crippen molar-refractivity contribution in [1.82, 2.24) is 4.90 Å². The summed E-state index contributed by atoms with van der Waals surface area (Å²) in [6.07, 6.45) is 0.533. The van der Waals surface area contributed by atoms with E-state index in [0.717, 1.165) is 22.9 Å². The first-order valence-corrected chi connectivity index (χ1v) is 13.8. The molecular weight excluding hydrogens is 546 g/mol. The summed E-state index contributed by atoms with van der Waals surface area (Å²) < 4.78 is 11.1. The number of amides is 3. The van der Waals surface area contributed by atoms with E-state index in [-0.39, 0.29) is 28.8 Å². The third-order valence-corrected chi connectivity index (χ3v) is 8.24. The van der Waals surface area contributed by atoms with Crippen LogP contribution in [-0.4, -0.2) is 54.3 Å². The molecule has 0 bridgehead atoms. The normalized spacial score (nSPS) is 16.4. The summed E-state index contributed by atoms with van der Waals surface area (Å²) in [7, 11) is 3.15. The van der Waals surface area contributed by atoms with Gasteiger partial charge in [0, 0.05) is 17.8 Å². The van der Waals surface area contributed by atoms with Crippen molar-refractivity contribution in [1.29, 1.82) is 0 Å². The number of benzene rings is 3. The Hall–Kier alpha value is -4.15. The van der Waals surface area contributed by atoms with E-state index in [1.165, 1.54) is 9.80 Å². The van der Waals surface area contributed by atoms with Gasteiger partial charge in [0.2, 0.25) is 5.91 Å². The fourth-order valence-electron chi connectivity index (χ4n) is 4.72. The Labute approximate surface area is 241 Å². The van der Waals surface area contributed by atoms with Crippen molar-refractivity contribution in [2.45, 2.75) is 13.3 Å². The van der Waals surface area contributed by atoms with E-state index < -0.39 is 5.91 Å². The maximum Gasteiger partial charge on any atom is 0.267 e. The zero-order valence-electron chi connectivity index (χ0n) is 22.2. The molecule has 2 aliphatic heterocycles. The lowest BCUT2D eigenvalue weighted by molar-refractivity contribution is -0.122. The van der Waals surface area contributed by atoms with Crippen LogP contribution in [-0.2, 0) is 20.8 Å². The summed E-state index contributed by atoms with van der Waals surface area (Å²) in [5.41, 5.74) is 4.01. The molecular formula is C30H27N3O5S2. The summed E-state index contributed by atoms with van der Waals surface area (Å²) in [4.78, 5) is 43.4. The smallest absolute Gasteiger partial charge is 0.267 e. The van der Waals surface area contributed by atoms with Crippen LogP contribution in [0.5, 0.6) is 11.5 Å². The third kappa shape index (κ3) is 5.20. The van der Waals surface area contributed by atoms with Crippen LogP contribution in [0.2, 0.25) is 0 Å². The first-order valence-electron chi connectivity index (χ1n) is 12.6. The van der Waals surface area contributed by atoms with Crippen molar-refractivity contribution in [3.05, 3.63) is 88.3 Å². The summed E-state index contributed by atoms with van der Waals surface area (Å²) in [5.74, 6) is 0.173. The zero-order valence-corrected chi connectivity index (χ0v) is 23.9. The van der Waals surface area contributed by atoms with Gasteiger partial charge in [-0.2, -0.15) is 0 Å². The van der Waals surface area contributed by atoms with Crippen LogP contribution in [0.4, 0.5) is 11.4 Å². The molecule has 3 aromatic rings. The second-order valence-corrected chi connectivity index (χ2v) is 10.9. The number of thioether (sulfide) groups is 1. The highest BCUT2D eigenvalue weighted by molar-refractivity contribution is 8.26. The molecule has 204 valence electrons.